The molecule has 0 saturated carbocycles. The summed E-state index contributed by atoms with van der Waals surface area (Å²) in [5.74, 6) is -0.142. The van der Waals surface area contributed by atoms with Gasteiger partial charge in [-0.05, 0) is 31.5 Å². The van der Waals surface area contributed by atoms with Crippen LogP contribution >= 0.6 is 0 Å². The summed E-state index contributed by atoms with van der Waals surface area (Å²) in [7, 11) is -2.23. The molecule has 0 aliphatic carbocycles. The molecule has 6 nitrogen and oxygen atoms in total. The van der Waals surface area contributed by atoms with E-state index in [1.165, 1.54) is 26.1 Å². The molecule has 21 heavy (non-hydrogen) atoms. The van der Waals surface area contributed by atoms with Gasteiger partial charge in [0, 0.05) is 20.5 Å². The number of aliphatic hydroxyl groups excluding tert-OH is 1. The minimum Gasteiger partial charge on any atom is -0.394 e. The zero-order valence-corrected chi connectivity index (χ0v) is 13.6. The standard InChI is InChI=1S/C14H22N2O4S/c1-11(18)15-9-12-5-7-13(8-6-12)21(19,20)16(4)14(2,3)10-17/h5-8,17H,9-10H2,1-4H3,(H,15,18). The molecule has 1 amide bonds. The van der Waals surface area contributed by atoms with Crippen molar-refractivity contribution in [3.8, 4) is 0 Å². The highest BCUT2D eigenvalue weighted by molar-refractivity contribution is 7.89. The number of sulfonamides is 1. The molecule has 0 radical (unpaired) electrons. The van der Waals surface area contributed by atoms with E-state index in [4.69, 9.17) is 0 Å². The van der Waals surface area contributed by atoms with Gasteiger partial charge in [0.15, 0.2) is 0 Å². The van der Waals surface area contributed by atoms with Crippen LogP contribution in [0.4, 0.5) is 0 Å². The Morgan fingerprint density at radius 3 is 2.24 bits per heavy atom. The maximum Gasteiger partial charge on any atom is 0.243 e. The number of likely N-dealkylation sites (N-methyl/N-ethyl adjacent to an activating group) is 1. The fourth-order valence-corrected chi connectivity index (χ4v) is 3.09. The van der Waals surface area contributed by atoms with Gasteiger partial charge in [-0.15, -0.1) is 0 Å². The Balaban J connectivity index is 2.97. The molecular weight excluding hydrogens is 292 g/mol. The minimum absolute atomic E-state index is 0.142. The number of aliphatic hydroxyl groups is 1. The first-order valence-electron chi connectivity index (χ1n) is 6.54. The predicted molar refractivity (Wildman–Crippen MR) is 80.1 cm³/mol. The fraction of sp³-hybridized carbons (Fsp3) is 0.500. The molecule has 0 aliphatic heterocycles. The summed E-state index contributed by atoms with van der Waals surface area (Å²) >= 11 is 0. The summed E-state index contributed by atoms with van der Waals surface area (Å²) in [6.07, 6.45) is 0. The highest BCUT2D eigenvalue weighted by Gasteiger charge is 2.33. The average molecular weight is 314 g/mol. The van der Waals surface area contributed by atoms with Gasteiger partial charge in [-0.1, -0.05) is 12.1 Å². The van der Waals surface area contributed by atoms with Crippen molar-refractivity contribution in [3.63, 3.8) is 0 Å². The number of carbonyl (C=O) groups excluding carboxylic acids is 1. The predicted octanol–water partition coefficient (Wildman–Crippen LogP) is 0.714. The highest BCUT2D eigenvalue weighted by Crippen LogP contribution is 2.22. The van der Waals surface area contributed by atoms with Crippen molar-refractivity contribution < 1.29 is 18.3 Å². The zero-order valence-electron chi connectivity index (χ0n) is 12.8. The average Bonchev–Trinajstić information content (AvgIpc) is 2.44. The number of amides is 1. The zero-order chi connectivity index (χ0) is 16.3. The minimum atomic E-state index is -3.67. The molecule has 0 spiro atoms. The van der Waals surface area contributed by atoms with Crippen molar-refractivity contribution in [3.05, 3.63) is 29.8 Å². The van der Waals surface area contributed by atoms with Crippen LogP contribution in [0.15, 0.2) is 29.2 Å². The Morgan fingerprint density at radius 1 is 1.29 bits per heavy atom. The SMILES string of the molecule is CC(=O)NCc1ccc(S(=O)(=O)N(C)C(C)(C)CO)cc1. The molecule has 0 aromatic heterocycles. The molecule has 0 aliphatic rings. The van der Waals surface area contributed by atoms with Gasteiger partial charge in [0.25, 0.3) is 0 Å². The second kappa shape index (κ2) is 6.55. The molecule has 0 heterocycles. The third-order valence-corrected chi connectivity index (χ3v) is 5.45. The van der Waals surface area contributed by atoms with Gasteiger partial charge in [-0.3, -0.25) is 4.79 Å². The quantitative estimate of drug-likeness (QED) is 0.810. The first kappa shape index (κ1) is 17.6. The summed E-state index contributed by atoms with van der Waals surface area (Å²) in [6, 6.07) is 6.30. The number of hydrogen-bond acceptors (Lipinski definition) is 4. The molecule has 1 aromatic carbocycles. The summed E-state index contributed by atoms with van der Waals surface area (Å²) in [6.45, 7) is 4.80. The number of benzene rings is 1. The largest absolute Gasteiger partial charge is 0.394 e. The van der Waals surface area contributed by atoms with Crippen LogP contribution in [-0.2, 0) is 21.4 Å². The Morgan fingerprint density at radius 2 is 1.81 bits per heavy atom. The van der Waals surface area contributed by atoms with Crippen LogP contribution in [0.2, 0.25) is 0 Å². The number of nitrogens with zero attached hydrogens (tertiary/aromatic N) is 1. The maximum absolute atomic E-state index is 12.5. The lowest BCUT2D eigenvalue weighted by molar-refractivity contribution is -0.119. The van der Waals surface area contributed by atoms with E-state index in [-0.39, 0.29) is 17.4 Å². The van der Waals surface area contributed by atoms with Crippen LogP contribution in [0.1, 0.15) is 26.3 Å². The van der Waals surface area contributed by atoms with E-state index in [9.17, 15) is 18.3 Å². The van der Waals surface area contributed by atoms with E-state index in [0.717, 1.165) is 9.87 Å². The Labute approximate surface area is 125 Å². The lowest BCUT2D eigenvalue weighted by Crippen LogP contribution is -2.47. The molecule has 118 valence electrons. The number of hydrogen-bond donors (Lipinski definition) is 2. The third-order valence-electron chi connectivity index (χ3n) is 3.36. The molecule has 0 atom stereocenters. The van der Waals surface area contributed by atoms with E-state index in [2.05, 4.69) is 5.32 Å². The Bertz CT molecular complexity index is 594. The summed E-state index contributed by atoms with van der Waals surface area (Å²) in [5, 5.41) is 11.9. The van der Waals surface area contributed by atoms with Crippen LogP contribution in [0, 0.1) is 0 Å². The van der Waals surface area contributed by atoms with Gasteiger partial charge in [0.1, 0.15) is 0 Å². The van der Waals surface area contributed by atoms with Gasteiger partial charge < -0.3 is 10.4 Å². The molecule has 0 fully saturated rings. The molecule has 7 heteroatoms. The van der Waals surface area contributed by atoms with E-state index in [1.807, 2.05) is 0 Å². The van der Waals surface area contributed by atoms with Crippen LogP contribution in [0.3, 0.4) is 0 Å². The lowest BCUT2D eigenvalue weighted by atomic mass is 10.1. The van der Waals surface area contributed by atoms with Crippen molar-refractivity contribution in [2.45, 2.75) is 37.8 Å². The van der Waals surface area contributed by atoms with Crippen LogP contribution in [0.5, 0.6) is 0 Å². The van der Waals surface area contributed by atoms with Crippen LogP contribution in [-0.4, -0.2) is 42.9 Å². The summed E-state index contributed by atoms with van der Waals surface area (Å²) in [5.41, 5.74) is -0.0681. The molecule has 1 aromatic rings. The lowest BCUT2D eigenvalue weighted by Gasteiger charge is -2.32. The van der Waals surface area contributed by atoms with Crippen LogP contribution in [0.25, 0.3) is 0 Å². The van der Waals surface area contributed by atoms with Gasteiger partial charge in [0.2, 0.25) is 15.9 Å². The molecule has 0 unspecified atom stereocenters. The molecule has 0 bridgehead atoms. The highest BCUT2D eigenvalue weighted by atomic mass is 32.2. The van der Waals surface area contributed by atoms with E-state index in [0.29, 0.717) is 6.54 Å². The number of carbonyl (C=O) groups is 1. The Kier molecular flexibility index (Phi) is 5.49. The second-order valence-electron chi connectivity index (χ2n) is 5.50. The van der Waals surface area contributed by atoms with Gasteiger partial charge in [0.05, 0.1) is 17.0 Å². The molecule has 2 N–H and O–H groups in total. The Hall–Kier alpha value is -1.44. The summed E-state index contributed by atoms with van der Waals surface area (Å²) in [4.78, 5) is 11.0. The number of rotatable bonds is 6. The number of nitrogens with one attached hydrogen (secondary N) is 1. The first-order chi connectivity index (χ1) is 9.61. The smallest absolute Gasteiger partial charge is 0.243 e. The van der Waals surface area contributed by atoms with E-state index in [1.54, 1.807) is 26.0 Å². The first-order valence-corrected chi connectivity index (χ1v) is 7.98. The van der Waals surface area contributed by atoms with Crippen molar-refractivity contribution in [1.82, 2.24) is 9.62 Å². The fourth-order valence-electron chi connectivity index (χ4n) is 1.59. The molecule has 0 saturated heterocycles. The molecular formula is C14H22N2O4S. The van der Waals surface area contributed by atoms with Gasteiger partial charge in [-0.25, -0.2) is 8.42 Å². The van der Waals surface area contributed by atoms with Crippen molar-refractivity contribution in [1.29, 1.82) is 0 Å². The van der Waals surface area contributed by atoms with Crippen molar-refractivity contribution >= 4 is 15.9 Å². The van der Waals surface area contributed by atoms with Gasteiger partial charge >= 0.3 is 0 Å². The maximum atomic E-state index is 12.5. The van der Waals surface area contributed by atoms with Crippen LogP contribution < -0.4 is 5.32 Å². The monoisotopic (exact) mass is 314 g/mol. The van der Waals surface area contributed by atoms with Crippen molar-refractivity contribution in [2.75, 3.05) is 13.7 Å². The normalized spacial score (nSPS) is 12.5. The van der Waals surface area contributed by atoms with E-state index < -0.39 is 15.6 Å². The van der Waals surface area contributed by atoms with Gasteiger partial charge in [-0.2, -0.15) is 4.31 Å². The topological polar surface area (TPSA) is 86.7 Å². The molecule has 1 rings (SSSR count). The van der Waals surface area contributed by atoms with Crippen molar-refractivity contribution in [2.24, 2.45) is 0 Å². The second-order valence-corrected chi connectivity index (χ2v) is 7.47. The third kappa shape index (κ3) is 4.26. The van der Waals surface area contributed by atoms with E-state index >= 15 is 0 Å². The summed E-state index contributed by atoms with van der Waals surface area (Å²) < 4.78 is 26.1.